The summed E-state index contributed by atoms with van der Waals surface area (Å²) >= 11 is 1.86. The summed E-state index contributed by atoms with van der Waals surface area (Å²) in [4.78, 5) is 2.52. The van der Waals surface area contributed by atoms with E-state index in [4.69, 9.17) is 0 Å². The van der Waals surface area contributed by atoms with Crippen molar-refractivity contribution in [2.24, 2.45) is 0 Å². The highest BCUT2D eigenvalue weighted by atomic mass is 32.1. The fraction of sp³-hybridized carbons (Fsp3) is 0.0149. The lowest BCUT2D eigenvalue weighted by atomic mass is 9.70. The van der Waals surface area contributed by atoms with Crippen molar-refractivity contribution in [1.82, 2.24) is 0 Å². The van der Waals surface area contributed by atoms with Gasteiger partial charge in [-0.3, -0.25) is 0 Å². The molecule has 0 saturated carbocycles. The zero-order valence-corrected chi connectivity index (χ0v) is 38.3. The third-order valence-corrected chi connectivity index (χ3v) is 16.4. The summed E-state index contributed by atoms with van der Waals surface area (Å²) in [6.07, 6.45) is 0. The van der Waals surface area contributed by atoms with Crippen LogP contribution in [0.1, 0.15) is 22.3 Å². The van der Waals surface area contributed by atoms with Crippen LogP contribution in [0.25, 0.3) is 97.0 Å². The minimum absolute atomic E-state index is 0.457. The van der Waals surface area contributed by atoms with E-state index in [1.165, 1.54) is 119 Å². The van der Waals surface area contributed by atoms with E-state index in [-0.39, 0.29) is 0 Å². The predicted molar refractivity (Wildman–Crippen MR) is 294 cm³/mol. The van der Waals surface area contributed by atoms with Crippen LogP contribution in [0.2, 0.25) is 0 Å². The van der Waals surface area contributed by atoms with Gasteiger partial charge in [-0.05, 0) is 142 Å². The third kappa shape index (κ3) is 5.46. The molecule has 2 aliphatic carbocycles. The maximum atomic E-state index is 2.52. The van der Waals surface area contributed by atoms with Gasteiger partial charge in [0.15, 0.2) is 0 Å². The van der Waals surface area contributed by atoms with Gasteiger partial charge in [0, 0.05) is 36.9 Å². The van der Waals surface area contributed by atoms with Crippen LogP contribution in [0.15, 0.2) is 249 Å². The molecule has 15 rings (SSSR count). The maximum absolute atomic E-state index is 2.52. The average Bonchev–Trinajstić information content (AvgIpc) is 4.05. The average molecular weight is 892 g/mol. The zero-order valence-electron chi connectivity index (χ0n) is 37.5. The quantitative estimate of drug-likeness (QED) is 0.156. The molecule has 1 heterocycles. The van der Waals surface area contributed by atoms with Crippen molar-refractivity contribution in [2.45, 2.75) is 5.41 Å². The van der Waals surface area contributed by atoms with Crippen molar-refractivity contribution in [1.29, 1.82) is 0 Å². The first-order chi connectivity index (χ1) is 34.2. The van der Waals surface area contributed by atoms with E-state index in [1.807, 2.05) is 11.3 Å². The highest BCUT2D eigenvalue weighted by Gasteiger charge is 2.51. The van der Waals surface area contributed by atoms with Crippen LogP contribution in [-0.4, -0.2) is 0 Å². The van der Waals surface area contributed by atoms with Crippen LogP contribution >= 0.6 is 11.3 Å². The Morgan fingerprint density at radius 2 is 0.710 bits per heavy atom. The Morgan fingerprint density at radius 3 is 1.33 bits per heavy atom. The Morgan fingerprint density at radius 1 is 0.275 bits per heavy atom. The van der Waals surface area contributed by atoms with E-state index in [0.29, 0.717) is 0 Å². The van der Waals surface area contributed by atoms with Gasteiger partial charge >= 0.3 is 0 Å². The van der Waals surface area contributed by atoms with Crippen LogP contribution < -0.4 is 4.90 Å². The molecule has 0 bridgehead atoms. The molecule has 2 heteroatoms. The zero-order chi connectivity index (χ0) is 45.2. The SMILES string of the molecule is c1ccc2c(c1)-c1ccccc1C21c2ccccc2-c2ccc(N(c3ccc(-c4ccc(-c5ccc6sc7ccccc7c6c5)cc4)cc3)c3cccc4c5ccccc5c5ccccc5c34)cc21. The number of fused-ring (bicyclic) bond motifs is 19. The van der Waals surface area contributed by atoms with Gasteiger partial charge < -0.3 is 4.90 Å². The minimum atomic E-state index is -0.457. The van der Waals surface area contributed by atoms with E-state index < -0.39 is 5.41 Å². The molecule has 0 saturated heterocycles. The summed E-state index contributed by atoms with van der Waals surface area (Å²) in [7, 11) is 0. The van der Waals surface area contributed by atoms with E-state index >= 15 is 0 Å². The lowest BCUT2D eigenvalue weighted by Gasteiger charge is -2.32. The smallest absolute Gasteiger partial charge is 0.0726 e. The highest BCUT2D eigenvalue weighted by Crippen LogP contribution is 2.63. The Kier molecular flexibility index (Phi) is 8.22. The third-order valence-electron chi connectivity index (χ3n) is 15.3. The summed E-state index contributed by atoms with van der Waals surface area (Å²) in [6, 6.07) is 93.2. The van der Waals surface area contributed by atoms with Gasteiger partial charge in [-0.1, -0.05) is 200 Å². The number of benzene rings is 12. The number of hydrogen-bond acceptors (Lipinski definition) is 2. The first-order valence-corrected chi connectivity index (χ1v) is 24.7. The molecule has 1 aromatic heterocycles. The molecule has 0 atom stereocenters. The molecular formula is C67H41NS. The number of nitrogens with zero attached hydrogens (tertiary/aromatic N) is 1. The van der Waals surface area contributed by atoms with E-state index in [1.54, 1.807) is 0 Å². The molecular weight excluding hydrogens is 851 g/mol. The number of anilines is 3. The summed E-state index contributed by atoms with van der Waals surface area (Å²) in [5.41, 5.74) is 18.3. The molecule has 0 aliphatic heterocycles. The van der Waals surface area contributed by atoms with Gasteiger partial charge in [0.2, 0.25) is 0 Å². The van der Waals surface area contributed by atoms with E-state index in [2.05, 4.69) is 254 Å². The fourth-order valence-electron chi connectivity index (χ4n) is 12.3. The molecule has 2 aliphatic rings. The molecule has 69 heavy (non-hydrogen) atoms. The van der Waals surface area contributed by atoms with Crippen molar-refractivity contribution in [3.8, 4) is 44.5 Å². The molecule has 0 unspecified atom stereocenters. The van der Waals surface area contributed by atoms with Gasteiger partial charge in [0.05, 0.1) is 11.1 Å². The lowest BCUT2D eigenvalue weighted by Crippen LogP contribution is -2.26. The van der Waals surface area contributed by atoms with E-state index in [0.717, 1.165) is 17.1 Å². The van der Waals surface area contributed by atoms with Crippen LogP contribution in [0, 0.1) is 0 Å². The summed E-state index contributed by atoms with van der Waals surface area (Å²) < 4.78 is 2.66. The number of hydrogen-bond donors (Lipinski definition) is 0. The van der Waals surface area contributed by atoms with Crippen molar-refractivity contribution >= 4 is 80.9 Å². The molecule has 0 fully saturated rings. The Balaban J connectivity index is 0.918. The molecule has 12 aromatic carbocycles. The summed E-state index contributed by atoms with van der Waals surface area (Å²) in [5.74, 6) is 0. The second-order valence-electron chi connectivity index (χ2n) is 18.7. The summed E-state index contributed by atoms with van der Waals surface area (Å²) in [6.45, 7) is 0. The van der Waals surface area contributed by atoms with Crippen molar-refractivity contribution < 1.29 is 0 Å². The second kappa shape index (κ2) is 14.7. The Bertz CT molecular complexity index is 4140. The largest absolute Gasteiger partial charge is 0.310 e. The standard InChI is InChI=1S/C67H41NS/c1-2-15-50-48(14-1)49-16-3-4-21-56(49)66-57(50)22-13-26-63(66)68(46-35-32-43(33-36-46)42-28-30-44(31-29-42)45-34-39-65-58(40-45)55-20-8-12-27-64(55)69-65)47-37-38-54-53-19-7-11-25-61(53)67(62(54)41-47)59-23-9-5-17-51(59)52-18-6-10-24-60(52)67/h1-41H. The first kappa shape index (κ1) is 38.5. The van der Waals surface area contributed by atoms with Crippen LogP contribution in [0.3, 0.4) is 0 Å². The molecule has 1 spiro atoms. The second-order valence-corrected chi connectivity index (χ2v) is 19.8. The lowest BCUT2D eigenvalue weighted by molar-refractivity contribution is 0.793. The molecule has 13 aromatic rings. The molecule has 0 amide bonds. The first-order valence-electron chi connectivity index (χ1n) is 23.9. The Labute approximate surface area is 404 Å². The van der Waals surface area contributed by atoms with Gasteiger partial charge in [-0.2, -0.15) is 0 Å². The van der Waals surface area contributed by atoms with Crippen molar-refractivity contribution in [2.75, 3.05) is 4.90 Å². The van der Waals surface area contributed by atoms with E-state index in [9.17, 15) is 0 Å². The predicted octanol–water partition coefficient (Wildman–Crippen LogP) is 18.7. The van der Waals surface area contributed by atoms with Crippen LogP contribution in [-0.2, 0) is 5.41 Å². The number of rotatable bonds is 5. The van der Waals surface area contributed by atoms with Crippen LogP contribution in [0.5, 0.6) is 0 Å². The molecule has 0 N–H and O–H groups in total. The number of thiophene rings is 1. The normalized spacial score (nSPS) is 13.0. The van der Waals surface area contributed by atoms with Gasteiger partial charge in [-0.15, -0.1) is 11.3 Å². The fourth-order valence-corrected chi connectivity index (χ4v) is 13.4. The van der Waals surface area contributed by atoms with Gasteiger partial charge in [0.25, 0.3) is 0 Å². The van der Waals surface area contributed by atoms with Gasteiger partial charge in [0.1, 0.15) is 0 Å². The maximum Gasteiger partial charge on any atom is 0.0726 e. The highest BCUT2D eigenvalue weighted by molar-refractivity contribution is 7.25. The molecule has 320 valence electrons. The topological polar surface area (TPSA) is 3.24 Å². The Hall–Kier alpha value is -8.56. The van der Waals surface area contributed by atoms with Gasteiger partial charge in [-0.25, -0.2) is 0 Å². The van der Waals surface area contributed by atoms with Crippen molar-refractivity contribution in [3.05, 3.63) is 271 Å². The van der Waals surface area contributed by atoms with Crippen molar-refractivity contribution in [3.63, 3.8) is 0 Å². The molecule has 0 radical (unpaired) electrons. The monoisotopic (exact) mass is 891 g/mol. The minimum Gasteiger partial charge on any atom is -0.310 e. The van der Waals surface area contributed by atoms with Crippen LogP contribution in [0.4, 0.5) is 17.1 Å². The summed E-state index contributed by atoms with van der Waals surface area (Å²) in [5, 5.41) is 10.2. The molecule has 1 nitrogen and oxygen atoms in total.